The van der Waals surface area contributed by atoms with Crippen molar-refractivity contribution in [3.63, 3.8) is 0 Å². The van der Waals surface area contributed by atoms with Crippen molar-refractivity contribution in [2.24, 2.45) is 10.7 Å². The molecule has 1 saturated heterocycles. The van der Waals surface area contributed by atoms with E-state index in [0.717, 1.165) is 0 Å². The third-order valence-electron chi connectivity index (χ3n) is 2.54. The molecule has 0 aromatic heterocycles. The molecule has 8 heteroatoms. The zero-order chi connectivity index (χ0) is 11.7. The Bertz CT molecular complexity index is 281. The fraction of sp³-hybridized carbons (Fsp3) is 0.857. The van der Waals surface area contributed by atoms with Crippen molar-refractivity contribution < 1.29 is 23.1 Å². The first-order valence-electron chi connectivity index (χ1n) is 4.22. The van der Waals surface area contributed by atoms with Crippen molar-refractivity contribution in [3.8, 4) is 0 Å². The molecule has 1 heterocycles. The molecule has 0 aliphatic carbocycles. The molecule has 1 atom stereocenters. The second-order valence-corrected chi connectivity index (χ2v) is 3.46. The number of aliphatic carboxylic acids is 1. The first-order chi connectivity index (χ1) is 6.83. The van der Waals surface area contributed by atoms with E-state index in [9.17, 15) is 22.9 Å². The van der Waals surface area contributed by atoms with Crippen LogP contribution in [0, 0.1) is 10.3 Å². The van der Waals surface area contributed by atoms with Gasteiger partial charge in [0.1, 0.15) is 0 Å². The standard InChI is InChI=1S/C7H9F3N2O3/c8-7(9,10)6(5(13)14)2-1-3-12(4-6)11-15/h1-4H2,(H,13,14). The van der Waals surface area contributed by atoms with E-state index in [4.69, 9.17) is 5.11 Å². The van der Waals surface area contributed by atoms with Crippen molar-refractivity contribution >= 4 is 5.97 Å². The Hall–Kier alpha value is -1.34. The van der Waals surface area contributed by atoms with Crippen LogP contribution in [-0.4, -0.2) is 35.4 Å². The number of carboxylic acids is 1. The summed E-state index contributed by atoms with van der Waals surface area (Å²) in [6.07, 6.45) is -5.41. The molecule has 0 radical (unpaired) electrons. The summed E-state index contributed by atoms with van der Waals surface area (Å²) < 4.78 is 37.8. The Labute approximate surface area is 82.8 Å². The number of halogens is 3. The second-order valence-electron chi connectivity index (χ2n) is 3.46. The lowest BCUT2D eigenvalue weighted by atomic mass is 9.80. The zero-order valence-electron chi connectivity index (χ0n) is 7.62. The van der Waals surface area contributed by atoms with Gasteiger partial charge in [0, 0.05) is 6.54 Å². The van der Waals surface area contributed by atoms with Crippen LogP contribution >= 0.6 is 0 Å². The summed E-state index contributed by atoms with van der Waals surface area (Å²) >= 11 is 0. The van der Waals surface area contributed by atoms with Gasteiger partial charge in [-0.15, -0.1) is 4.91 Å². The van der Waals surface area contributed by atoms with Crippen molar-refractivity contribution in [2.75, 3.05) is 13.1 Å². The van der Waals surface area contributed by atoms with Crippen LogP contribution in [0.5, 0.6) is 0 Å². The van der Waals surface area contributed by atoms with Crippen LogP contribution in [0.15, 0.2) is 5.29 Å². The summed E-state index contributed by atoms with van der Waals surface area (Å²) in [6.45, 7) is -0.843. The van der Waals surface area contributed by atoms with Crippen LogP contribution < -0.4 is 0 Å². The maximum Gasteiger partial charge on any atom is 0.406 e. The molecular weight excluding hydrogens is 217 g/mol. The van der Waals surface area contributed by atoms with Gasteiger partial charge in [-0.3, -0.25) is 9.80 Å². The fourth-order valence-electron chi connectivity index (χ4n) is 1.63. The van der Waals surface area contributed by atoms with Crippen molar-refractivity contribution in [1.29, 1.82) is 0 Å². The second kappa shape index (κ2) is 3.67. The molecule has 1 N–H and O–H groups in total. The molecule has 1 aliphatic heterocycles. The van der Waals surface area contributed by atoms with Crippen molar-refractivity contribution in [1.82, 2.24) is 5.01 Å². The minimum Gasteiger partial charge on any atom is -0.481 e. The van der Waals surface area contributed by atoms with Crippen LogP contribution in [0.2, 0.25) is 0 Å². The predicted octanol–water partition coefficient (Wildman–Crippen LogP) is 1.40. The predicted molar refractivity (Wildman–Crippen MR) is 42.7 cm³/mol. The highest BCUT2D eigenvalue weighted by atomic mass is 19.4. The van der Waals surface area contributed by atoms with Crippen LogP contribution in [0.1, 0.15) is 12.8 Å². The van der Waals surface area contributed by atoms with E-state index in [2.05, 4.69) is 5.29 Å². The number of hydrogen-bond donors (Lipinski definition) is 1. The first kappa shape index (κ1) is 11.7. The zero-order valence-corrected chi connectivity index (χ0v) is 7.62. The maximum atomic E-state index is 12.6. The highest BCUT2D eigenvalue weighted by Gasteiger charge is 2.62. The lowest BCUT2D eigenvalue weighted by molar-refractivity contribution is -0.243. The molecule has 1 rings (SSSR count). The van der Waals surface area contributed by atoms with Crippen LogP contribution in [0.25, 0.3) is 0 Å². The average molecular weight is 226 g/mol. The summed E-state index contributed by atoms with van der Waals surface area (Å²) in [7, 11) is 0. The Balaban J connectivity index is 3.01. The number of hydrogen-bond acceptors (Lipinski definition) is 3. The quantitative estimate of drug-likeness (QED) is 0.722. The molecule has 5 nitrogen and oxygen atoms in total. The minimum absolute atomic E-state index is 0.0163. The van der Waals surface area contributed by atoms with Gasteiger partial charge in [-0.1, -0.05) is 0 Å². The highest BCUT2D eigenvalue weighted by Crippen LogP contribution is 2.45. The van der Waals surface area contributed by atoms with Crippen LogP contribution in [-0.2, 0) is 4.79 Å². The number of piperidine rings is 1. The Morgan fingerprint density at radius 2 is 2.07 bits per heavy atom. The van der Waals surface area contributed by atoms with E-state index in [1.165, 1.54) is 0 Å². The van der Waals surface area contributed by atoms with Gasteiger partial charge in [0.15, 0.2) is 5.41 Å². The average Bonchev–Trinajstić information content (AvgIpc) is 2.16. The van der Waals surface area contributed by atoms with Crippen molar-refractivity contribution in [3.05, 3.63) is 4.91 Å². The van der Waals surface area contributed by atoms with Gasteiger partial charge >= 0.3 is 12.1 Å². The van der Waals surface area contributed by atoms with E-state index < -0.39 is 30.5 Å². The number of carbonyl (C=O) groups is 1. The van der Waals surface area contributed by atoms with Gasteiger partial charge in [-0.2, -0.15) is 13.2 Å². The lowest BCUT2D eigenvalue weighted by Crippen LogP contribution is -2.54. The SMILES string of the molecule is O=NN1CCCC(C(=O)O)(C(F)(F)F)C1. The maximum absolute atomic E-state index is 12.6. The molecule has 1 aliphatic rings. The fourth-order valence-corrected chi connectivity index (χ4v) is 1.63. The highest BCUT2D eigenvalue weighted by molar-refractivity contribution is 5.76. The first-order valence-corrected chi connectivity index (χ1v) is 4.22. The van der Waals surface area contributed by atoms with Crippen molar-refractivity contribution in [2.45, 2.75) is 19.0 Å². The summed E-state index contributed by atoms with van der Waals surface area (Å²) in [5.74, 6) is -1.96. The number of nitrogens with zero attached hydrogens (tertiary/aromatic N) is 2. The summed E-state index contributed by atoms with van der Waals surface area (Å²) in [5, 5.41) is 11.6. The summed E-state index contributed by atoms with van der Waals surface area (Å²) in [6, 6.07) is 0. The van der Waals surface area contributed by atoms with Crippen LogP contribution in [0.3, 0.4) is 0 Å². The smallest absolute Gasteiger partial charge is 0.406 e. The molecule has 86 valence electrons. The van der Waals surface area contributed by atoms with E-state index >= 15 is 0 Å². The van der Waals surface area contributed by atoms with E-state index in [-0.39, 0.29) is 13.0 Å². The number of carboxylic acid groups (broad SMARTS) is 1. The normalized spacial score (nSPS) is 27.5. The van der Waals surface area contributed by atoms with E-state index in [0.29, 0.717) is 5.01 Å². The number of alkyl halides is 3. The molecule has 0 spiro atoms. The number of nitroso groups, excluding NO2 is 1. The largest absolute Gasteiger partial charge is 0.481 e. The van der Waals surface area contributed by atoms with Gasteiger partial charge in [0.25, 0.3) is 0 Å². The molecule has 0 bridgehead atoms. The van der Waals surface area contributed by atoms with Gasteiger partial charge < -0.3 is 5.11 Å². The topological polar surface area (TPSA) is 70.0 Å². The molecule has 0 amide bonds. The molecule has 0 aromatic rings. The van der Waals surface area contributed by atoms with Gasteiger partial charge in [0.2, 0.25) is 0 Å². The minimum atomic E-state index is -4.87. The molecular formula is C7H9F3N2O3. The molecule has 15 heavy (non-hydrogen) atoms. The summed E-state index contributed by atoms with van der Waals surface area (Å²) in [4.78, 5) is 20.8. The van der Waals surface area contributed by atoms with Gasteiger partial charge in [-0.25, -0.2) is 0 Å². The van der Waals surface area contributed by atoms with Gasteiger partial charge in [0.05, 0.1) is 11.8 Å². The van der Waals surface area contributed by atoms with Gasteiger partial charge in [-0.05, 0) is 12.8 Å². The molecule has 1 unspecified atom stereocenters. The Morgan fingerprint density at radius 1 is 1.47 bits per heavy atom. The van der Waals surface area contributed by atoms with E-state index in [1.807, 2.05) is 0 Å². The van der Waals surface area contributed by atoms with E-state index in [1.54, 1.807) is 0 Å². The third kappa shape index (κ3) is 1.88. The summed E-state index contributed by atoms with van der Waals surface area (Å²) in [5.41, 5.74) is -2.86. The van der Waals surface area contributed by atoms with Crippen LogP contribution in [0.4, 0.5) is 13.2 Å². The lowest BCUT2D eigenvalue weighted by Gasteiger charge is -2.37. The number of rotatable bonds is 2. The molecule has 0 saturated carbocycles. The molecule has 0 aromatic carbocycles. The third-order valence-corrected chi connectivity index (χ3v) is 2.54. The Morgan fingerprint density at radius 3 is 2.47 bits per heavy atom. The molecule has 1 fully saturated rings. The monoisotopic (exact) mass is 226 g/mol. The Kier molecular flexibility index (Phi) is 2.87.